The third-order valence-corrected chi connectivity index (χ3v) is 4.74. The van der Waals surface area contributed by atoms with Crippen LogP contribution in [0.3, 0.4) is 0 Å². The Morgan fingerprint density at radius 1 is 1.30 bits per heavy atom. The molecule has 23 heavy (non-hydrogen) atoms. The van der Waals surface area contributed by atoms with Crippen molar-refractivity contribution >= 4 is 0 Å². The topological polar surface area (TPSA) is 54.2 Å². The Bertz CT molecular complexity index is 610. The fourth-order valence-electron chi connectivity index (χ4n) is 3.35. The molecule has 2 aromatic heterocycles. The normalized spacial score (nSPS) is 22.1. The molecule has 0 aromatic carbocycles. The number of aromatic nitrogens is 3. The summed E-state index contributed by atoms with van der Waals surface area (Å²) in [6.07, 6.45) is 6.91. The first-order valence-electron chi connectivity index (χ1n) is 8.44. The molecule has 1 aliphatic rings. The fourth-order valence-corrected chi connectivity index (χ4v) is 3.35. The fraction of sp³-hybridized carbons (Fsp3) is 0.556. The summed E-state index contributed by atoms with van der Waals surface area (Å²) in [6, 6.07) is 6.43. The van der Waals surface area contributed by atoms with Gasteiger partial charge in [0.05, 0.1) is 6.20 Å². The number of rotatable bonds is 6. The molecule has 124 valence electrons. The molecule has 0 amide bonds. The van der Waals surface area contributed by atoms with E-state index in [9.17, 15) is 5.11 Å². The number of hydrogen-bond donors (Lipinski definition) is 1. The van der Waals surface area contributed by atoms with Crippen molar-refractivity contribution in [2.45, 2.75) is 32.2 Å². The summed E-state index contributed by atoms with van der Waals surface area (Å²) in [6.45, 7) is 7.42. The van der Waals surface area contributed by atoms with E-state index >= 15 is 0 Å². The van der Waals surface area contributed by atoms with Gasteiger partial charge in [0.15, 0.2) is 0 Å². The van der Waals surface area contributed by atoms with E-state index in [4.69, 9.17) is 0 Å². The van der Waals surface area contributed by atoms with Crippen LogP contribution in [0.4, 0.5) is 0 Å². The molecule has 1 fully saturated rings. The highest BCUT2D eigenvalue weighted by Gasteiger charge is 2.33. The first kappa shape index (κ1) is 16.1. The second-order valence-electron chi connectivity index (χ2n) is 6.73. The summed E-state index contributed by atoms with van der Waals surface area (Å²) >= 11 is 0. The summed E-state index contributed by atoms with van der Waals surface area (Å²) in [5, 5.41) is 14.2. The number of hydrogen-bond acceptors (Lipinski definition) is 4. The van der Waals surface area contributed by atoms with Gasteiger partial charge < -0.3 is 10.0 Å². The molecule has 1 N–H and O–H groups in total. The van der Waals surface area contributed by atoms with Gasteiger partial charge in [0, 0.05) is 68.6 Å². The van der Waals surface area contributed by atoms with Crippen molar-refractivity contribution in [2.24, 2.45) is 5.92 Å². The Morgan fingerprint density at radius 2 is 2.17 bits per heavy atom. The van der Waals surface area contributed by atoms with Gasteiger partial charge in [0.2, 0.25) is 0 Å². The van der Waals surface area contributed by atoms with Crippen LogP contribution in [0.2, 0.25) is 0 Å². The van der Waals surface area contributed by atoms with Crippen LogP contribution in [-0.4, -0.2) is 51.0 Å². The van der Waals surface area contributed by atoms with E-state index in [0.717, 1.165) is 31.7 Å². The van der Waals surface area contributed by atoms with Gasteiger partial charge in [-0.15, -0.1) is 0 Å². The summed E-state index contributed by atoms with van der Waals surface area (Å²) in [5.74, 6) is 0.666. The molecule has 3 rings (SSSR count). The monoisotopic (exact) mass is 314 g/mol. The van der Waals surface area contributed by atoms with Gasteiger partial charge in [-0.3, -0.25) is 9.67 Å². The lowest BCUT2D eigenvalue weighted by molar-refractivity contribution is 0.215. The number of likely N-dealkylation sites (tertiary alicyclic amines) is 1. The van der Waals surface area contributed by atoms with Crippen molar-refractivity contribution in [1.29, 1.82) is 0 Å². The molecule has 5 heteroatoms. The van der Waals surface area contributed by atoms with E-state index in [2.05, 4.69) is 41.1 Å². The molecule has 1 aliphatic heterocycles. The van der Waals surface area contributed by atoms with Crippen LogP contribution in [0.1, 0.15) is 37.1 Å². The van der Waals surface area contributed by atoms with Gasteiger partial charge in [-0.05, 0) is 31.5 Å². The predicted molar refractivity (Wildman–Crippen MR) is 90.3 cm³/mol. The molecule has 2 atom stereocenters. The average Bonchev–Trinajstić information content (AvgIpc) is 3.20. The van der Waals surface area contributed by atoms with Gasteiger partial charge in [0.25, 0.3) is 0 Å². The minimum absolute atomic E-state index is 0.234. The van der Waals surface area contributed by atoms with E-state index in [0.29, 0.717) is 17.9 Å². The zero-order valence-electron chi connectivity index (χ0n) is 14.0. The number of pyridine rings is 1. The van der Waals surface area contributed by atoms with E-state index in [-0.39, 0.29) is 6.61 Å². The molecular formula is C18H26N4O. The molecular weight excluding hydrogens is 288 g/mol. The summed E-state index contributed by atoms with van der Waals surface area (Å²) in [5.41, 5.74) is 2.38. The lowest BCUT2D eigenvalue weighted by Crippen LogP contribution is -2.24. The van der Waals surface area contributed by atoms with Crippen LogP contribution < -0.4 is 0 Å². The maximum absolute atomic E-state index is 9.75. The van der Waals surface area contributed by atoms with Crippen LogP contribution in [0, 0.1) is 5.92 Å². The highest BCUT2D eigenvalue weighted by molar-refractivity contribution is 5.16. The molecule has 2 aromatic rings. The number of aliphatic hydroxyl groups is 1. The number of nitrogens with zero attached hydrogens (tertiary/aromatic N) is 4. The Hall–Kier alpha value is -1.72. The second kappa shape index (κ2) is 7.23. The maximum atomic E-state index is 9.75. The predicted octanol–water partition coefficient (Wildman–Crippen LogP) is 2.11. The first-order valence-corrected chi connectivity index (χ1v) is 8.44. The Kier molecular flexibility index (Phi) is 5.08. The molecule has 0 aliphatic carbocycles. The number of aliphatic hydroxyl groups excluding tert-OH is 1. The minimum Gasteiger partial charge on any atom is -0.396 e. The van der Waals surface area contributed by atoms with Crippen LogP contribution in [-0.2, 0) is 6.42 Å². The molecule has 0 spiro atoms. The maximum Gasteiger partial charge on any atom is 0.0525 e. The van der Waals surface area contributed by atoms with Crippen molar-refractivity contribution < 1.29 is 5.11 Å². The summed E-state index contributed by atoms with van der Waals surface area (Å²) in [4.78, 5) is 6.83. The standard InChI is InChI=1S/C18H26N4O/c1-14(2)22-11-15(9-20-22)18-12-21(10-16(18)13-23)8-6-17-5-3-4-7-19-17/h3-5,7,9,11,14,16,18,23H,6,8,10,12-13H2,1-2H3/t16-,18-/m0/s1. The van der Waals surface area contributed by atoms with E-state index < -0.39 is 0 Å². The van der Waals surface area contributed by atoms with Gasteiger partial charge in [-0.25, -0.2) is 0 Å². The molecule has 5 nitrogen and oxygen atoms in total. The average molecular weight is 314 g/mol. The smallest absolute Gasteiger partial charge is 0.0525 e. The van der Waals surface area contributed by atoms with Crippen LogP contribution >= 0.6 is 0 Å². The third kappa shape index (κ3) is 3.79. The van der Waals surface area contributed by atoms with Crippen LogP contribution in [0.5, 0.6) is 0 Å². The van der Waals surface area contributed by atoms with Gasteiger partial charge in [-0.1, -0.05) is 6.07 Å². The van der Waals surface area contributed by atoms with E-state index in [1.165, 1.54) is 5.56 Å². The minimum atomic E-state index is 0.234. The molecule has 0 saturated carbocycles. The zero-order chi connectivity index (χ0) is 16.2. The molecule has 0 unspecified atom stereocenters. The lowest BCUT2D eigenvalue weighted by atomic mass is 9.92. The Labute approximate surface area is 138 Å². The Morgan fingerprint density at radius 3 is 2.83 bits per heavy atom. The highest BCUT2D eigenvalue weighted by Crippen LogP contribution is 2.32. The van der Waals surface area contributed by atoms with E-state index in [1.807, 2.05) is 29.2 Å². The molecule has 3 heterocycles. The zero-order valence-corrected chi connectivity index (χ0v) is 14.0. The summed E-state index contributed by atoms with van der Waals surface area (Å²) < 4.78 is 2.00. The summed E-state index contributed by atoms with van der Waals surface area (Å²) in [7, 11) is 0. The SMILES string of the molecule is CC(C)n1cc([C@@H]2CN(CCc3ccccn3)C[C@H]2CO)cn1. The second-order valence-corrected chi connectivity index (χ2v) is 6.73. The highest BCUT2D eigenvalue weighted by atomic mass is 16.3. The van der Waals surface area contributed by atoms with Crippen LogP contribution in [0.25, 0.3) is 0 Å². The molecule has 0 radical (unpaired) electrons. The van der Waals surface area contributed by atoms with Crippen molar-refractivity contribution in [2.75, 3.05) is 26.2 Å². The first-order chi connectivity index (χ1) is 11.2. The van der Waals surface area contributed by atoms with Crippen molar-refractivity contribution in [3.8, 4) is 0 Å². The molecule has 0 bridgehead atoms. The van der Waals surface area contributed by atoms with Crippen molar-refractivity contribution in [3.05, 3.63) is 48.0 Å². The van der Waals surface area contributed by atoms with Gasteiger partial charge in [-0.2, -0.15) is 5.10 Å². The third-order valence-electron chi connectivity index (χ3n) is 4.74. The van der Waals surface area contributed by atoms with E-state index in [1.54, 1.807) is 0 Å². The van der Waals surface area contributed by atoms with Gasteiger partial charge in [0.1, 0.15) is 0 Å². The largest absolute Gasteiger partial charge is 0.396 e. The lowest BCUT2D eigenvalue weighted by Gasteiger charge is -2.15. The van der Waals surface area contributed by atoms with Crippen LogP contribution in [0.15, 0.2) is 36.8 Å². The van der Waals surface area contributed by atoms with Crippen molar-refractivity contribution in [3.63, 3.8) is 0 Å². The Balaban J connectivity index is 1.63. The van der Waals surface area contributed by atoms with Gasteiger partial charge >= 0.3 is 0 Å². The molecule has 1 saturated heterocycles. The quantitative estimate of drug-likeness (QED) is 0.887. The van der Waals surface area contributed by atoms with Crippen molar-refractivity contribution in [1.82, 2.24) is 19.7 Å².